The van der Waals surface area contributed by atoms with E-state index in [1.807, 2.05) is 6.92 Å². The van der Waals surface area contributed by atoms with Crippen molar-refractivity contribution in [1.82, 2.24) is 0 Å². The number of aliphatic carboxylic acids is 1. The Kier molecular flexibility index (Phi) is 5.22. The van der Waals surface area contributed by atoms with Crippen LogP contribution in [0.4, 0.5) is 0 Å². The summed E-state index contributed by atoms with van der Waals surface area (Å²) >= 11 is 0. The van der Waals surface area contributed by atoms with Crippen molar-refractivity contribution >= 4 is 5.97 Å². The maximum atomic E-state index is 10.0. The van der Waals surface area contributed by atoms with Crippen LogP contribution in [0, 0.1) is 5.92 Å². The van der Waals surface area contributed by atoms with E-state index >= 15 is 0 Å². The summed E-state index contributed by atoms with van der Waals surface area (Å²) in [5.41, 5.74) is 2.62. The average Bonchev–Trinajstić information content (AvgIpc) is 1.87. The van der Waals surface area contributed by atoms with Crippen molar-refractivity contribution in [3.05, 3.63) is 17.9 Å². The van der Waals surface area contributed by atoms with Crippen molar-refractivity contribution < 1.29 is 9.90 Å². The Hall–Kier alpha value is -1.01. The Bertz CT molecular complexity index is 176. The van der Waals surface area contributed by atoms with E-state index in [9.17, 15) is 4.79 Å². The van der Waals surface area contributed by atoms with Crippen LogP contribution >= 0.6 is 0 Å². The van der Waals surface area contributed by atoms with E-state index in [1.165, 1.54) is 0 Å². The summed E-state index contributed by atoms with van der Waals surface area (Å²) in [7, 11) is 0. The van der Waals surface area contributed by atoms with Gasteiger partial charge in [0.1, 0.15) is 0 Å². The predicted octanol–water partition coefficient (Wildman–Crippen LogP) is 2.22. The quantitative estimate of drug-likeness (QED) is 0.498. The van der Waals surface area contributed by atoms with E-state index in [1.54, 1.807) is 6.08 Å². The zero-order valence-corrected chi connectivity index (χ0v) is 7.00. The minimum atomic E-state index is -0.940. The van der Waals surface area contributed by atoms with Gasteiger partial charge in [-0.2, -0.15) is 0 Å². The molecular weight excluding hydrogens is 140 g/mol. The van der Waals surface area contributed by atoms with Crippen molar-refractivity contribution in [2.75, 3.05) is 0 Å². The summed E-state index contributed by atoms with van der Waals surface area (Å²) in [4.78, 5) is 10.0. The highest BCUT2D eigenvalue weighted by molar-refractivity contribution is 5.79. The molecule has 62 valence electrons. The van der Waals surface area contributed by atoms with Crippen LogP contribution in [-0.4, -0.2) is 11.1 Å². The molecule has 0 saturated carbocycles. The third kappa shape index (κ3) is 6.88. The summed E-state index contributed by atoms with van der Waals surface area (Å²) in [6, 6.07) is 0. The molecule has 0 aliphatic rings. The molecule has 0 heterocycles. The van der Waals surface area contributed by atoms with Crippen LogP contribution in [0.2, 0.25) is 0 Å². The van der Waals surface area contributed by atoms with E-state index < -0.39 is 5.97 Å². The molecule has 0 rings (SSSR count). The number of hydrogen-bond acceptors (Lipinski definition) is 1. The lowest BCUT2D eigenvalue weighted by molar-refractivity contribution is -0.131. The molecule has 0 bridgehead atoms. The van der Waals surface area contributed by atoms with Gasteiger partial charge in [-0.05, 0) is 18.4 Å². The molecule has 0 aliphatic heterocycles. The van der Waals surface area contributed by atoms with Crippen LogP contribution in [0.5, 0.6) is 0 Å². The fourth-order valence-corrected chi connectivity index (χ4v) is 0.822. The first kappa shape index (κ1) is 9.99. The smallest absolute Gasteiger partial charge is 0.336 e. The minimum Gasteiger partial charge on any atom is -0.478 e. The van der Waals surface area contributed by atoms with E-state index in [0.29, 0.717) is 5.92 Å². The summed E-state index contributed by atoms with van der Waals surface area (Å²) < 4.78 is 0. The molecule has 1 atom stereocenters. The molecule has 2 nitrogen and oxygen atoms in total. The van der Waals surface area contributed by atoms with Crippen LogP contribution < -0.4 is 0 Å². The molecule has 0 aromatic carbocycles. The summed E-state index contributed by atoms with van der Waals surface area (Å²) in [5.74, 6) is -0.513. The number of carbonyl (C=O) groups is 1. The molecular formula is C9H14O2. The fourth-order valence-electron chi connectivity index (χ4n) is 0.822. The normalized spacial score (nSPS) is 11.5. The fraction of sp³-hybridized carbons (Fsp3) is 0.556. The second kappa shape index (κ2) is 5.75. The summed E-state index contributed by atoms with van der Waals surface area (Å²) in [6.45, 7) is 4.15. The maximum absolute atomic E-state index is 10.0. The van der Waals surface area contributed by atoms with Gasteiger partial charge in [0.05, 0.1) is 6.08 Å². The second-order valence-corrected chi connectivity index (χ2v) is 2.58. The summed E-state index contributed by atoms with van der Waals surface area (Å²) in [6.07, 6.45) is 5.02. The molecule has 0 amide bonds. The van der Waals surface area contributed by atoms with Gasteiger partial charge in [0.25, 0.3) is 0 Å². The van der Waals surface area contributed by atoms with Crippen LogP contribution in [0.3, 0.4) is 0 Å². The molecule has 1 N–H and O–H groups in total. The lowest BCUT2D eigenvalue weighted by Crippen LogP contribution is -1.87. The lowest BCUT2D eigenvalue weighted by Gasteiger charge is -1.98. The molecule has 11 heavy (non-hydrogen) atoms. The molecule has 0 aliphatic carbocycles. The molecule has 0 fully saturated rings. The van der Waals surface area contributed by atoms with Crippen molar-refractivity contribution in [2.24, 2.45) is 5.92 Å². The first-order valence-electron chi connectivity index (χ1n) is 3.82. The van der Waals surface area contributed by atoms with Crippen molar-refractivity contribution in [3.8, 4) is 0 Å². The molecule has 0 aromatic rings. The third-order valence-electron chi connectivity index (χ3n) is 1.33. The minimum absolute atomic E-state index is 0.426. The standard InChI is InChI=1S/C9H14O2/c1-3-5-8(2)6-4-7-9(10)11/h6-8H,3,5H2,1-2H3,(H,10,11). The Labute approximate surface area is 67.2 Å². The van der Waals surface area contributed by atoms with Gasteiger partial charge in [0.2, 0.25) is 0 Å². The molecule has 0 saturated heterocycles. The van der Waals surface area contributed by atoms with Gasteiger partial charge >= 0.3 is 5.97 Å². The van der Waals surface area contributed by atoms with Crippen molar-refractivity contribution in [1.29, 1.82) is 0 Å². The first-order valence-corrected chi connectivity index (χ1v) is 3.82. The number of carboxylic acids is 1. The van der Waals surface area contributed by atoms with Gasteiger partial charge in [-0.15, -0.1) is 5.73 Å². The van der Waals surface area contributed by atoms with Crippen molar-refractivity contribution in [2.45, 2.75) is 26.7 Å². The zero-order valence-electron chi connectivity index (χ0n) is 7.00. The van der Waals surface area contributed by atoms with E-state index in [-0.39, 0.29) is 0 Å². The molecule has 2 heteroatoms. The number of rotatable bonds is 4. The van der Waals surface area contributed by atoms with Gasteiger partial charge in [-0.3, -0.25) is 0 Å². The molecule has 0 radical (unpaired) electrons. The summed E-state index contributed by atoms with van der Waals surface area (Å²) in [5, 5.41) is 8.22. The van der Waals surface area contributed by atoms with Crippen molar-refractivity contribution in [3.63, 3.8) is 0 Å². The van der Waals surface area contributed by atoms with Gasteiger partial charge in [0.15, 0.2) is 0 Å². The lowest BCUT2D eigenvalue weighted by atomic mass is 10.1. The SMILES string of the molecule is CCCC(C)C=C=CC(=O)O. The topological polar surface area (TPSA) is 37.3 Å². The highest BCUT2D eigenvalue weighted by atomic mass is 16.4. The van der Waals surface area contributed by atoms with Gasteiger partial charge < -0.3 is 5.11 Å². The Morgan fingerprint density at radius 2 is 2.36 bits per heavy atom. The maximum Gasteiger partial charge on any atom is 0.336 e. The Balaban J connectivity index is 3.81. The van der Waals surface area contributed by atoms with Crippen LogP contribution in [0.1, 0.15) is 26.7 Å². The Morgan fingerprint density at radius 3 is 2.82 bits per heavy atom. The highest BCUT2D eigenvalue weighted by Gasteiger charge is 1.91. The van der Waals surface area contributed by atoms with Crippen LogP contribution in [0.25, 0.3) is 0 Å². The van der Waals surface area contributed by atoms with E-state index in [0.717, 1.165) is 18.9 Å². The van der Waals surface area contributed by atoms with Crippen LogP contribution in [0.15, 0.2) is 17.9 Å². The van der Waals surface area contributed by atoms with Gasteiger partial charge in [0, 0.05) is 0 Å². The van der Waals surface area contributed by atoms with E-state index in [4.69, 9.17) is 5.11 Å². The molecule has 0 spiro atoms. The Morgan fingerprint density at radius 1 is 1.73 bits per heavy atom. The largest absolute Gasteiger partial charge is 0.478 e. The molecule has 0 aromatic heterocycles. The first-order chi connectivity index (χ1) is 5.16. The second-order valence-electron chi connectivity index (χ2n) is 2.58. The molecule has 1 unspecified atom stereocenters. The van der Waals surface area contributed by atoms with Crippen LogP contribution in [-0.2, 0) is 4.79 Å². The van der Waals surface area contributed by atoms with Gasteiger partial charge in [-0.1, -0.05) is 20.3 Å². The third-order valence-corrected chi connectivity index (χ3v) is 1.33. The highest BCUT2D eigenvalue weighted by Crippen LogP contribution is 2.04. The number of hydrogen-bond donors (Lipinski definition) is 1. The van der Waals surface area contributed by atoms with E-state index in [2.05, 4.69) is 12.7 Å². The monoisotopic (exact) mass is 154 g/mol. The number of carboxylic acid groups (broad SMARTS) is 1. The zero-order chi connectivity index (χ0) is 8.69. The predicted molar refractivity (Wildman–Crippen MR) is 44.4 cm³/mol. The van der Waals surface area contributed by atoms with Gasteiger partial charge in [-0.25, -0.2) is 4.79 Å². The average molecular weight is 154 g/mol.